The van der Waals surface area contributed by atoms with Crippen molar-refractivity contribution in [3.05, 3.63) is 59.7 Å². The van der Waals surface area contributed by atoms with E-state index in [0.717, 1.165) is 25.0 Å². The van der Waals surface area contributed by atoms with Crippen LogP contribution in [0.15, 0.2) is 42.5 Å². The van der Waals surface area contributed by atoms with Gasteiger partial charge in [-0.25, -0.2) is 8.78 Å². The van der Waals surface area contributed by atoms with Crippen LogP contribution in [0.5, 0.6) is 5.75 Å². The van der Waals surface area contributed by atoms with Crippen molar-refractivity contribution < 1.29 is 27.9 Å². The first-order valence-electron chi connectivity index (χ1n) is 9.80. The van der Waals surface area contributed by atoms with Gasteiger partial charge in [-0.05, 0) is 55.2 Å². The molecule has 3 amide bonds. The third kappa shape index (κ3) is 6.77. The fourth-order valence-corrected chi connectivity index (χ4v) is 2.98. The van der Waals surface area contributed by atoms with Crippen molar-refractivity contribution in [2.45, 2.75) is 12.8 Å². The second-order valence-corrected chi connectivity index (χ2v) is 7.34. The van der Waals surface area contributed by atoms with E-state index in [1.54, 1.807) is 24.3 Å². The van der Waals surface area contributed by atoms with Crippen molar-refractivity contribution in [1.29, 1.82) is 0 Å². The highest BCUT2D eigenvalue weighted by Gasteiger charge is 2.29. The molecule has 0 saturated heterocycles. The van der Waals surface area contributed by atoms with Crippen molar-refractivity contribution in [2.75, 3.05) is 32.1 Å². The highest BCUT2D eigenvalue weighted by molar-refractivity contribution is 5.98. The SMILES string of the molecule is COc1ccc(NC(=O)CNC(=O)CN(CC2CC2)C(=O)c2cc(F)cc(F)c2)cc1. The predicted octanol–water partition coefficient (Wildman–Crippen LogP) is 2.58. The van der Waals surface area contributed by atoms with Gasteiger partial charge in [0.25, 0.3) is 5.91 Å². The zero-order valence-electron chi connectivity index (χ0n) is 17.0. The van der Waals surface area contributed by atoms with E-state index in [4.69, 9.17) is 4.74 Å². The van der Waals surface area contributed by atoms with Gasteiger partial charge in [-0.15, -0.1) is 0 Å². The van der Waals surface area contributed by atoms with Crippen LogP contribution in [0, 0.1) is 17.6 Å². The van der Waals surface area contributed by atoms with Crippen LogP contribution >= 0.6 is 0 Å². The molecular formula is C22H23F2N3O4. The van der Waals surface area contributed by atoms with Crippen LogP contribution in [0.2, 0.25) is 0 Å². The molecule has 0 aromatic heterocycles. The number of ether oxygens (including phenoxy) is 1. The average Bonchev–Trinajstić information content (AvgIpc) is 3.55. The maximum Gasteiger partial charge on any atom is 0.254 e. The number of halogens is 2. The first kappa shape index (κ1) is 22.2. The molecule has 2 aromatic rings. The molecule has 2 aromatic carbocycles. The molecule has 0 radical (unpaired) electrons. The first-order chi connectivity index (χ1) is 14.8. The largest absolute Gasteiger partial charge is 0.497 e. The number of nitrogens with zero attached hydrogens (tertiary/aromatic N) is 1. The number of carbonyl (C=O) groups excluding carboxylic acids is 3. The Morgan fingerprint density at radius 3 is 2.26 bits per heavy atom. The van der Waals surface area contributed by atoms with E-state index in [1.165, 1.54) is 12.0 Å². The standard InChI is InChI=1S/C22H23F2N3O4/c1-31-19-6-4-18(5-7-19)26-20(28)11-25-21(29)13-27(12-14-2-3-14)22(30)15-8-16(23)10-17(24)9-15/h4-10,14H,2-3,11-13H2,1H3,(H,25,29)(H,26,28). The normalized spacial score (nSPS) is 12.7. The molecule has 1 aliphatic carbocycles. The number of rotatable bonds is 9. The zero-order valence-corrected chi connectivity index (χ0v) is 17.0. The summed E-state index contributed by atoms with van der Waals surface area (Å²) in [6.07, 6.45) is 1.85. The smallest absolute Gasteiger partial charge is 0.254 e. The molecule has 1 aliphatic rings. The van der Waals surface area contributed by atoms with Crippen LogP contribution in [0.3, 0.4) is 0 Å². The second-order valence-electron chi connectivity index (χ2n) is 7.34. The van der Waals surface area contributed by atoms with Gasteiger partial charge in [0.1, 0.15) is 17.4 Å². The van der Waals surface area contributed by atoms with E-state index >= 15 is 0 Å². The summed E-state index contributed by atoms with van der Waals surface area (Å²) >= 11 is 0. The summed E-state index contributed by atoms with van der Waals surface area (Å²) in [4.78, 5) is 38.3. The average molecular weight is 431 g/mol. The Hall–Kier alpha value is -3.49. The summed E-state index contributed by atoms with van der Waals surface area (Å²) in [5.41, 5.74) is 0.377. The van der Waals surface area contributed by atoms with Crippen LogP contribution in [0.1, 0.15) is 23.2 Å². The van der Waals surface area contributed by atoms with Gasteiger partial charge in [0.15, 0.2) is 0 Å². The fourth-order valence-electron chi connectivity index (χ4n) is 2.98. The minimum absolute atomic E-state index is 0.164. The molecule has 1 saturated carbocycles. The number of hydrogen-bond acceptors (Lipinski definition) is 4. The summed E-state index contributed by atoms with van der Waals surface area (Å²) in [6.45, 7) is -0.295. The fraction of sp³-hybridized carbons (Fsp3) is 0.318. The Labute approximate surface area is 178 Å². The van der Waals surface area contributed by atoms with Crippen molar-refractivity contribution >= 4 is 23.4 Å². The molecule has 3 rings (SSSR count). The lowest BCUT2D eigenvalue weighted by Crippen LogP contribution is -2.43. The molecule has 0 unspecified atom stereocenters. The summed E-state index contributed by atoms with van der Waals surface area (Å²) in [6, 6.07) is 9.24. The summed E-state index contributed by atoms with van der Waals surface area (Å²) in [5, 5.41) is 5.09. The number of methoxy groups -OCH3 is 1. The number of hydrogen-bond donors (Lipinski definition) is 2. The third-order valence-corrected chi connectivity index (χ3v) is 4.73. The van der Waals surface area contributed by atoms with Crippen LogP contribution in [-0.4, -0.2) is 49.4 Å². The van der Waals surface area contributed by atoms with Gasteiger partial charge >= 0.3 is 0 Å². The topological polar surface area (TPSA) is 87.7 Å². The highest BCUT2D eigenvalue weighted by Crippen LogP contribution is 2.30. The van der Waals surface area contributed by atoms with Gasteiger partial charge in [0.2, 0.25) is 11.8 Å². The van der Waals surface area contributed by atoms with E-state index in [9.17, 15) is 23.2 Å². The van der Waals surface area contributed by atoms with Crippen molar-refractivity contribution in [3.8, 4) is 5.75 Å². The number of amides is 3. The highest BCUT2D eigenvalue weighted by atomic mass is 19.1. The van der Waals surface area contributed by atoms with Crippen LogP contribution < -0.4 is 15.4 Å². The Bertz CT molecular complexity index is 941. The molecule has 1 fully saturated rings. The Kier molecular flexibility index (Phi) is 7.17. The number of nitrogens with one attached hydrogen (secondary N) is 2. The van der Waals surface area contributed by atoms with Gasteiger partial charge in [-0.1, -0.05) is 0 Å². The molecule has 0 spiro atoms. The van der Waals surface area contributed by atoms with E-state index < -0.39 is 29.4 Å². The molecule has 2 N–H and O–H groups in total. The molecule has 0 aliphatic heterocycles. The van der Waals surface area contributed by atoms with Crippen molar-refractivity contribution in [1.82, 2.24) is 10.2 Å². The van der Waals surface area contributed by atoms with Gasteiger partial charge in [0.05, 0.1) is 20.2 Å². The van der Waals surface area contributed by atoms with Crippen molar-refractivity contribution in [3.63, 3.8) is 0 Å². The number of benzene rings is 2. The van der Waals surface area contributed by atoms with E-state index in [2.05, 4.69) is 10.6 Å². The molecule has 7 nitrogen and oxygen atoms in total. The number of carbonyl (C=O) groups is 3. The molecule has 164 valence electrons. The lowest BCUT2D eigenvalue weighted by atomic mass is 10.1. The minimum atomic E-state index is -0.866. The van der Waals surface area contributed by atoms with Crippen molar-refractivity contribution in [2.24, 2.45) is 5.92 Å². The zero-order chi connectivity index (χ0) is 22.4. The monoisotopic (exact) mass is 431 g/mol. The Morgan fingerprint density at radius 1 is 1.03 bits per heavy atom. The lowest BCUT2D eigenvalue weighted by molar-refractivity contribution is -0.124. The van der Waals surface area contributed by atoms with Crippen LogP contribution in [0.25, 0.3) is 0 Å². The number of anilines is 1. The predicted molar refractivity (Wildman–Crippen MR) is 110 cm³/mol. The second kappa shape index (κ2) is 10.0. The maximum absolute atomic E-state index is 13.5. The molecular weight excluding hydrogens is 408 g/mol. The summed E-state index contributed by atoms with van der Waals surface area (Å²) in [5.74, 6) is -2.45. The van der Waals surface area contributed by atoms with E-state index in [-0.39, 0.29) is 24.6 Å². The van der Waals surface area contributed by atoms with Gasteiger partial charge in [-0.2, -0.15) is 0 Å². The molecule has 0 bridgehead atoms. The van der Waals surface area contributed by atoms with Gasteiger partial charge in [-0.3, -0.25) is 14.4 Å². The van der Waals surface area contributed by atoms with Crippen LogP contribution in [-0.2, 0) is 9.59 Å². The molecule has 0 atom stereocenters. The minimum Gasteiger partial charge on any atom is -0.497 e. The molecule has 0 heterocycles. The summed E-state index contributed by atoms with van der Waals surface area (Å²) < 4.78 is 32.0. The van der Waals surface area contributed by atoms with E-state index in [1.807, 2.05) is 0 Å². The van der Waals surface area contributed by atoms with Gasteiger partial charge in [0, 0.05) is 23.9 Å². The van der Waals surface area contributed by atoms with Crippen LogP contribution in [0.4, 0.5) is 14.5 Å². The first-order valence-corrected chi connectivity index (χ1v) is 9.80. The van der Waals surface area contributed by atoms with E-state index in [0.29, 0.717) is 24.0 Å². The van der Waals surface area contributed by atoms with Gasteiger partial charge < -0.3 is 20.3 Å². The summed E-state index contributed by atoms with van der Waals surface area (Å²) in [7, 11) is 1.53. The maximum atomic E-state index is 13.5. The molecule has 9 heteroatoms. The Morgan fingerprint density at radius 2 is 1.68 bits per heavy atom. The quantitative estimate of drug-likeness (QED) is 0.639. The molecule has 31 heavy (non-hydrogen) atoms. The lowest BCUT2D eigenvalue weighted by Gasteiger charge is -2.22. The third-order valence-electron chi connectivity index (χ3n) is 4.73. The Balaban J connectivity index is 1.54.